The molecule has 1 aliphatic carbocycles. The van der Waals surface area contributed by atoms with E-state index in [0.717, 1.165) is 6.42 Å². The molecule has 104 valence electrons. The van der Waals surface area contributed by atoms with Crippen LogP contribution in [0, 0.1) is 17.1 Å². The smallest absolute Gasteiger partial charge is 0.129 e. The number of hydrogen-bond acceptors (Lipinski definition) is 2. The van der Waals surface area contributed by atoms with Crippen LogP contribution in [-0.4, -0.2) is 11.9 Å². The van der Waals surface area contributed by atoms with Crippen molar-refractivity contribution in [2.75, 3.05) is 0 Å². The summed E-state index contributed by atoms with van der Waals surface area (Å²) in [6, 6.07) is 4.61. The Morgan fingerprint density at radius 3 is 2.79 bits per heavy atom. The van der Waals surface area contributed by atoms with E-state index in [4.69, 9.17) is 15.9 Å². The van der Waals surface area contributed by atoms with Gasteiger partial charge in [0.1, 0.15) is 11.7 Å². The van der Waals surface area contributed by atoms with Gasteiger partial charge in [0.2, 0.25) is 0 Å². The van der Waals surface area contributed by atoms with Gasteiger partial charge in [-0.25, -0.2) is 4.39 Å². The third-order valence-electron chi connectivity index (χ3n) is 3.85. The highest BCUT2D eigenvalue weighted by atomic mass is 19.1. The molecule has 0 amide bonds. The van der Waals surface area contributed by atoms with E-state index in [9.17, 15) is 4.39 Å². The van der Waals surface area contributed by atoms with Crippen LogP contribution in [0.25, 0.3) is 0 Å². The second-order valence-corrected chi connectivity index (χ2v) is 5.33. The molecule has 0 spiro atoms. The van der Waals surface area contributed by atoms with Crippen LogP contribution < -0.4 is 5.73 Å². The number of nitrogens with two attached hydrogens (primary N) is 1. The van der Waals surface area contributed by atoms with Gasteiger partial charge in [0, 0.05) is 11.1 Å². The average Bonchev–Trinajstić information content (AvgIpc) is 2.39. The number of ether oxygens (including phenoxy) is 1. The van der Waals surface area contributed by atoms with Gasteiger partial charge in [0.25, 0.3) is 0 Å². The molecular weight excluding hydrogens is 243 g/mol. The lowest BCUT2D eigenvalue weighted by molar-refractivity contribution is -0.0164. The number of benzene rings is 1. The van der Waals surface area contributed by atoms with Gasteiger partial charge in [-0.3, -0.25) is 5.41 Å². The fourth-order valence-corrected chi connectivity index (χ4v) is 2.56. The van der Waals surface area contributed by atoms with Gasteiger partial charge in [-0.05, 0) is 24.8 Å². The van der Waals surface area contributed by atoms with Crippen LogP contribution in [0.4, 0.5) is 4.39 Å². The zero-order chi connectivity index (χ0) is 13.8. The van der Waals surface area contributed by atoms with Crippen molar-refractivity contribution in [3.05, 3.63) is 35.1 Å². The Bertz CT molecular complexity index is 461. The molecule has 1 aromatic carbocycles. The Balaban J connectivity index is 1.97. The topological polar surface area (TPSA) is 59.1 Å². The number of amidine groups is 1. The van der Waals surface area contributed by atoms with Crippen LogP contribution in [0.1, 0.15) is 43.7 Å². The average molecular weight is 264 g/mol. The van der Waals surface area contributed by atoms with Crippen molar-refractivity contribution in [1.82, 2.24) is 0 Å². The third-order valence-corrected chi connectivity index (χ3v) is 3.85. The van der Waals surface area contributed by atoms with Gasteiger partial charge >= 0.3 is 0 Å². The highest BCUT2D eigenvalue weighted by molar-refractivity contribution is 5.94. The van der Waals surface area contributed by atoms with Gasteiger partial charge in [0.15, 0.2) is 0 Å². The Kier molecular flexibility index (Phi) is 4.53. The largest absolute Gasteiger partial charge is 0.384 e. The highest BCUT2D eigenvalue weighted by Gasteiger charge is 2.22. The monoisotopic (exact) mass is 264 g/mol. The van der Waals surface area contributed by atoms with Gasteiger partial charge < -0.3 is 10.5 Å². The van der Waals surface area contributed by atoms with E-state index in [-0.39, 0.29) is 17.8 Å². The summed E-state index contributed by atoms with van der Waals surface area (Å²) >= 11 is 0. The molecule has 3 N–H and O–H groups in total. The van der Waals surface area contributed by atoms with E-state index in [1.54, 1.807) is 12.1 Å². The van der Waals surface area contributed by atoms with E-state index in [2.05, 4.69) is 6.92 Å². The van der Waals surface area contributed by atoms with Crippen molar-refractivity contribution in [2.24, 2.45) is 11.7 Å². The molecule has 1 fully saturated rings. The maximum absolute atomic E-state index is 13.8. The summed E-state index contributed by atoms with van der Waals surface area (Å²) in [5.41, 5.74) is 6.27. The quantitative estimate of drug-likeness (QED) is 0.648. The van der Waals surface area contributed by atoms with Crippen molar-refractivity contribution in [3.63, 3.8) is 0 Å². The molecule has 0 radical (unpaired) electrons. The van der Waals surface area contributed by atoms with E-state index in [0.29, 0.717) is 23.7 Å². The van der Waals surface area contributed by atoms with Gasteiger partial charge in [-0.15, -0.1) is 0 Å². The molecule has 1 aliphatic rings. The van der Waals surface area contributed by atoms with Crippen LogP contribution in [0.15, 0.2) is 18.2 Å². The lowest BCUT2D eigenvalue weighted by Gasteiger charge is -2.28. The molecule has 1 saturated carbocycles. The molecule has 19 heavy (non-hydrogen) atoms. The van der Waals surface area contributed by atoms with Crippen molar-refractivity contribution >= 4 is 5.84 Å². The molecular formula is C15H21FN2O. The summed E-state index contributed by atoms with van der Waals surface area (Å²) in [6.07, 6.45) is 4.95. The lowest BCUT2D eigenvalue weighted by Crippen LogP contribution is -2.25. The van der Waals surface area contributed by atoms with Crippen LogP contribution in [0.3, 0.4) is 0 Å². The molecule has 0 aromatic heterocycles. The maximum atomic E-state index is 13.8. The molecule has 2 rings (SSSR count). The summed E-state index contributed by atoms with van der Waals surface area (Å²) in [5.74, 6) is 0.0803. The molecule has 2 atom stereocenters. The van der Waals surface area contributed by atoms with Crippen LogP contribution in [0.5, 0.6) is 0 Å². The summed E-state index contributed by atoms with van der Waals surface area (Å²) < 4.78 is 19.7. The van der Waals surface area contributed by atoms with Crippen LogP contribution >= 0.6 is 0 Å². The predicted octanol–water partition coefficient (Wildman–Crippen LogP) is 3.21. The SMILES string of the molecule is CC1CCCCC1OCc1ccc(C(=N)N)cc1F. The van der Waals surface area contributed by atoms with E-state index >= 15 is 0 Å². The second-order valence-electron chi connectivity index (χ2n) is 5.33. The summed E-state index contributed by atoms with van der Waals surface area (Å²) in [5, 5.41) is 7.27. The maximum Gasteiger partial charge on any atom is 0.129 e. The third kappa shape index (κ3) is 3.53. The zero-order valence-electron chi connectivity index (χ0n) is 11.3. The van der Waals surface area contributed by atoms with Crippen molar-refractivity contribution in [2.45, 2.75) is 45.3 Å². The highest BCUT2D eigenvalue weighted by Crippen LogP contribution is 2.27. The number of nitrogens with one attached hydrogen (secondary N) is 1. The lowest BCUT2D eigenvalue weighted by atomic mass is 9.88. The number of halogens is 1. The summed E-state index contributed by atoms with van der Waals surface area (Å²) in [6.45, 7) is 2.48. The van der Waals surface area contributed by atoms with Crippen molar-refractivity contribution < 1.29 is 9.13 Å². The summed E-state index contributed by atoms with van der Waals surface area (Å²) in [7, 11) is 0. The predicted molar refractivity (Wildman–Crippen MR) is 73.6 cm³/mol. The van der Waals surface area contributed by atoms with Crippen molar-refractivity contribution in [1.29, 1.82) is 5.41 Å². The minimum atomic E-state index is -0.351. The molecule has 1 aromatic rings. The van der Waals surface area contributed by atoms with Crippen LogP contribution in [0.2, 0.25) is 0 Å². The molecule has 0 heterocycles. The fraction of sp³-hybridized carbons (Fsp3) is 0.533. The molecule has 0 aliphatic heterocycles. The normalized spacial score (nSPS) is 23.3. The van der Waals surface area contributed by atoms with Gasteiger partial charge in [-0.1, -0.05) is 31.9 Å². The first kappa shape index (κ1) is 14.0. The Morgan fingerprint density at radius 1 is 1.42 bits per heavy atom. The van der Waals surface area contributed by atoms with Crippen LogP contribution in [-0.2, 0) is 11.3 Å². The zero-order valence-corrected chi connectivity index (χ0v) is 11.3. The standard InChI is InChI=1S/C15H21FN2O/c1-10-4-2-3-5-14(10)19-9-12-7-6-11(15(17)18)8-13(12)16/h6-8,10,14H,2-5,9H2,1H3,(H3,17,18). The molecule has 3 nitrogen and oxygen atoms in total. The van der Waals surface area contributed by atoms with E-state index < -0.39 is 0 Å². The fourth-order valence-electron chi connectivity index (χ4n) is 2.56. The first-order chi connectivity index (χ1) is 9.08. The minimum absolute atomic E-state index is 0.118. The second kappa shape index (κ2) is 6.15. The molecule has 4 heteroatoms. The Morgan fingerprint density at radius 2 is 2.16 bits per heavy atom. The number of nitrogen functional groups attached to an aromatic ring is 1. The first-order valence-electron chi connectivity index (χ1n) is 6.82. The molecule has 2 unspecified atom stereocenters. The Hall–Kier alpha value is -1.42. The minimum Gasteiger partial charge on any atom is -0.384 e. The van der Waals surface area contributed by atoms with Crippen molar-refractivity contribution in [3.8, 4) is 0 Å². The Labute approximate surface area is 113 Å². The van der Waals surface area contributed by atoms with Gasteiger partial charge in [0.05, 0.1) is 12.7 Å². The number of hydrogen-bond donors (Lipinski definition) is 2. The molecule has 0 saturated heterocycles. The first-order valence-corrected chi connectivity index (χ1v) is 6.82. The van der Waals surface area contributed by atoms with E-state index in [1.165, 1.54) is 25.3 Å². The number of rotatable bonds is 4. The molecule has 0 bridgehead atoms. The van der Waals surface area contributed by atoms with Gasteiger partial charge in [-0.2, -0.15) is 0 Å². The summed E-state index contributed by atoms with van der Waals surface area (Å²) in [4.78, 5) is 0. The van der Waals surface area contributed by atoms with E-state index in [1.807, 2.05) is 0 Å².